The van der Waals surface area contributed by atoms with Crippen LogP contribution in [-0.2, 0) is 12.1 Å². The molecule has 0 fully saturated rings. The Morgan fingerprint density at radius 2 is 1.93 bits per heavy atom. The highest BCUT2D eigenvalue weighted by molar-refractivity contribution is 8.15. The lowest BCUT2D eigenvalue weighted by atomic mass is 9.98. The third-order valence-electron chi connectivity index (χ3n) is 4.74. The van der Waals surface area contributed by atoms with Gasteiger partial charge in [0.15, 0.2) is 5.17 Å². The van der Waals surface area contributed by atoms with Gasteiger partial charge in [0, 0.05) is 10.5 Å². The lowest BCUT2D eigenvalue weighted by Crippen LogP contribution is -2.62. The maximum Gasteiger partial charge on any atom is 0.436 e. The molecule has 1 atom stereocenters. The Morgan fingerprint density at radius 1 is 1.21 bits per heavy atom. The molecule has 146 valence electrons. The zero-order chi connectivity index (χ0) is 20.1. The number of halogens is 3. The van der Waals surface area contributed by atoms with Gasteiger partial charge in [-0.2, -0.15) is 13.2 Å². The molecule has 2 aliphatic heterocycles. The second kappa shape index (κ2) is 6.44. The van der Waals surface area contributed by atoms with Crippen LogP contribution in [-0.4, -0.2) is 24.5 Å². The Balaban J connectivity index is 1.85. The molecule has 28 heavy (non-hydrogen) atoms. The number of anilines is 1. The number of aryl methyl sites for hydroxylation is 1. The average molecular weight is 407 g/mol. The number of hydrogen-bond donors (Lipinski definition) is 1. The van der Waals surface area contributed by atoms with Gasteiger partial charge in [0.1, 0.15) is 5.75 Å². The number of carbonyl (C=O) groups excluding carboxylic acids is 1. The summed E-state index contributed by atoms with van der Waals surface area (Å²) >= 11 is 1.06. The highest BCUT2D eigenvalue weighted by atomic mass is 32.2. The Hall–Kier alpha value is -2.68. The van der Waals surface area contributed by atoms with E-state index in [1.807, 2.05) is 19.1 Å². The maximum absolute atomic E-state index is 14.2. The molecule has 5 nitrogen and oxygen atoms in total. The van der Waals surface area contributed by atoms with Crippen LogP contribution in [0.4, 0.5) is 23.7 Å². The van der Waals surface area contributed by atoms with Gasteiger partial charge in [-0.15, -0.1) is 0 Å². The third-order valence-corrected chi connectivity index (χ3v) is 5.74. The number of amides is 2. The van der Waals surface area contributed by atoms with Crippen molar-refractivity contribution in [2.24, 2.45) is 4.99 Å². The molecule has 0 spiro atoms. The highest BCUT2D eigenvalue weighted by Gasteiger charge is 2.61. The van der Waals surface area contributed by atoms with Gasteiger partial charge in [0.25, 0.3) is 5.66 Å². The molecule has 0 radical (unpaired) electrons. The molecule has 4 rings (SSSR count). The van der Waals surface area contributed by atoms with E-state index in [2.05, 4.69) is 10.3 Å². The van der Waals surface area contributed by atoms with Crippen LogP contribution in [0.2, 0.25) is 0 Å². The van der Waals surface area contributed by atoms with Crippen LogP contribution in [0.1, 0.15) is 18.1 Å². The van der Waals surface area contributed by atoms with Crippen molar-refractivity contribution in [3.05, 3.63) is 53.6 Å². The Morgan fingerprint density at radius 3 is 2.54 bits per heavy atom. The van der Waals surface area contributed by atoms with Crippen molar-refractivity contribution < 1.29 is 22.7 Å². The van der Waals surface area contributed by atoms with E-state index >= 15 is 0 Å². The SMILES string of the molecule is CCc1ccc2c(c1)SC1=N[C@@](c3ccc(OC)cc3)(C(F)(F)F)NC(=O)N12. The summed E-state index contributed by atoms with van der Waals surface area (Å²) in [7, 11) is 1.42. The van der Waals surface area contributed by atoms with E-state index < -0.39 is 17.9 Å². The Kier molecular flexibility index (Phi) is 4.29. The molecule has 0 aliphatic carbocycles. The molecule has 2 amide bonds. The summed E-state index contributed by atoms with van der Waals surface area (Å²) in [4.78, 5) is 18.6. The minimum Gasteiger partial charge on any atom is -0.497 e. The number of rotatable bonds is 3. The molecule has 2 aliphatic rings. The molecule has 0 saturated heterocycles. The van der Waals surface area contributed by atoms with Gasteiger partial charge < -0.3 is 10.1 Å². The predicted octanol–water partition coefficient (Wildman–Crippen LogP) is 4.66. The van der Waals surface area contributed by atoms with Crippen molar-refractivity contribution in [3.63, 3.8) is 0 Å². The van der Waals surface area contributed by atoms with Gasteiger partial charge in [-0.3, -0.25) is 0 Å². The number of fused-ring (bicyclic) bond motifs is 3. The second-order valence-electron chi connectivity index (χ2n) is 6.35. The predicted molar refractivity (Wildman–Crippen MR) is 101 cm³/mol. The molecule has 0 unspecified atom stereocenters. The van der Waals surface area contributed by atoms with E-state index in [0.29, 0.717) is 16.3 Å². The number of alkyl halides is 3. The number of hydrogen-bond acceptors (Lipinski definition) is 4. The number of amidine groups is 1. The first kappa shape index (κ1) is 18.7. The molecule has 1 N–H and O–H groups in total. The van der Waals surface area contributed by atoms with Crippen molar-refractivity contribution in [1.29, 1.82) is 0 Å². The largest absolute Gasteiger partial charge is 0.497 e. The van der Waals surface area contributed by atoms with Crippen LogP contribution in [0.15, 0.2) is 52.4 Å². The molecule has 9 heteroatoms. The smallest absolute Gasteiger partial charge is 0.436 e. The molecule has 0 bridgehead atoms. The molecular weight excluding hydrogens is 391 g/mol. The van der Waals surface area contributed by atoms with Crippen molar-refractivity contribution in [3.8, 4) is 5.75 Å². The lowest BCUT2D eigenvalue weighted by Gasteiger charge is -2.38. The number of aliphatic imine (C=N–C) groups is 1. The van der Waals surface area contributed by atoms with E-state index in [9.17, 15) is 18.0 Å². The van der Waals surface area contributed by atoms with E-state index in [0.717, 1.165) is 23.7 Å². The standard InChI is InChI=1S/C19H16F3N3O2S/c1-3-11-4-9-14-15(10-11)28-17-24-18(19(20,21)22,23-16(26)25(14)17)12-5-7-13(27-2)8-6-12/h4-10H,3H2,1-2H3,(H,23,26)/t18-/m0/s1. The van der Waals surface area contributed by atoms with E-state index in [1.54, 1.807) is 6.07 Å². The second-order valence-corrected chi connectivity index (χ2v) is 7.36. The van der Waals surface area contributed by atoms with Crippen molar-refractivity contribution in [1.82, 2.24) is 5.32 Å². The maximum atomic E-state index is 14.2. The fourth-order valence-corrected chi connectivity index (χ4v) is 4.34. The van der Waals surface area contributed by atoms with Crippen LogP contribution in [0.25, 0.3) is 0 Å². The van der Waals surface area contributed by atoms with Crippen LogP contribution < -0.4 is 15.0 Å². The summed E-state index contributed by atoms with van der Waals surface area (Å²) < 4.78 is 47.5. The van der Waals surface area contributed by atoms with Gasteiger partial charge in [-0.05, 0) is 48.0 Å². The Labute approximate surface area is 163 Å². The van der Waals surface area contributed by atoms with Crippen LogP contribution in [0.5, 0.6) is 5.75 Å². The van der Waals surface area contributed by atoms with Gasteiger partial charge in [-0.1, -0.05) is 25.1 Å². The zero-order valence-corrected chi connectivity index (χ0v) is 15.8. The van der Waals surface area contributed by atoms with E-state index in [4.69, 9.17) is 4.74 Å². The summed E-state index contributed by atoms with van der Waals surface area (Å²) in [6, 6.07) is 9.92. The molecule has 0 saturated carbocycles. The minimum atomic E-state index is -4.83. The minimum absolute atomic E-state index is 0.000135. The first-order valence-electron chi connectivity index (χ1n) is 8.53. The Bertz CT molecular complexity index is 975. The highest BCUT2D eigenvalue weighted by Crippen LogP contribution is 2.48. The first-order chi connectivity index (χ1) is 13.3. The zero-order valence-electron chi connectivity index (χ0n) is 15.0. The van der Waals surface area contributed by atoms with Crippen molar-refractivity contribution in [2.45, 2.75) is 30.1 Å². The number of ether oxygens (including phenoxy) is 1. The number of benzene rings is 2. The van der Waals surface area contributed by atoms with Crippen LogP contribution in [0.3, 0.4) is 0 Å². The molecular formula is C19H16F3N3O2S. The summed E-state index contributed by atoms with van der Waals surface area (Å²) in [5.41, 5.74) is -1.48. The normalized spacial score (nSPS) is 21.0. The van der Waals surface area contributed by atoms with Crippen molar-refractivity contribution >= 4 is 28.6 Å². The number of urea groups is 1. The van der Waals surface area contributed by atoms with Gasteiger partial charge in [-0.25, -0.2) is 14.7 Å². The fourth-order valence-electron chi connectivity index (χ4n) is 3.21. The molecule has 2 aromatic rings. The quantitative estimate of drug-likeness (QED) is 0.805. The molecule has 0 aromatic heterocycles. The topological polar surface area (TPSA) is 53.9 Å². The van der Waals surface area contributed by atoms with Crippen LogP contribution in [0, 0.1) is 0 Å². The summed E-state index contributed by atoms with van der Waals surface area (Å²) in [6.45, 7) is 1.98. The number of thioether (sulfide) groups is 1. The van der Waals surface area contributed by atoms with Gasteiger partial charge >= 0.3 is 12.2 Å². The number of carbonyl (C=O) groups is 1. The van der Waals surface area contributed by atoms with Gasteiger partial charge in [0.2, 0.25) is 0 Å². The summed E-state index contributed by atoms with van der Waals surface area (Å²) in [6.07, 6.45) is -4.05. The number of nitrogens with zero attached hydrogens (tertiary/aromatic N) is 2. The lowest BCUT2D eigenvalue weighted by molar-refractivity contribution is -0.195. The summed E-state index contributed by atoms with van der Waals surface area (Å²) in [5, 5.41) is 2.09. The number of nitrogens with one attached hydrogen (secondary N) is 1. The average Bonchev–Trinajstić information content (AvgIpc) is 3.04. The molecule has 2 heterocycles. The fraction of sp³-hybridized carbons (Fsp3) is 0.263. The molecule has 2 aromatic carbocycles. The van der Waals surface area contributed by atoms with E-state index in [1.165, 1.54) is 36.3 Å². The van der Waals surface area contributed by atoms with Gasteiger partial charge in [0.05, 0.1) is 12.8 Å². The van der Waals surface area contributed by atoms with Crippen LogP contribution >= 0.6 is 11.8 Å². The van der Waals surface area contributed by atoms with Crippen molar-refractivity contribution in [2.75, 3.05) is 12.0 Å². The number of methoxy groups -OCH3 is 1. The van der Waals surface area contributed by atoms with E-state index in [-0.39, 0.29) is 10.7 Å². The third kappa shape index (κ3) is 2.72. The first-order valence-corrected chi connectivity index (χ1v) is 9.35. The summed E-state index contributed by atoms with van der Waals surface area (Å²) in [5.74, 6) is 0.409. The monoisotopic (exact) mass is 407 g/mol.